The van der Waals surface area contributed by atoms with Crippen LogP contribution in [-0.4, -0.2) is 9.13 Å². The summed E-state index contributed by atoms with van der Waals surface area (Å²) in [5, 5.41) is 34.8. The van der Waals surface area contributed by atoms with E-state index in [9.17, 15) is 15.8 Å². The van der Waals surface area contributed by atoms with Crippen molar-refractivity contribution in [1.82, 2.24) is 9.13 Å². The third-order valence-corrected chi connectivity index (χ3v) is 9.65. The molecule has 0 aliphatic rings. The predicted octanol–water partition coefficient (Wildman–Crippen LogP) is 10.8. The van der Waals surface area contributed by atoms with Crippen molar-refractivity contribution >= 4 is 43.6 Å². The molecule has 2 aromatic heterocycles. The molecular weight excluding hydrogens is 611 g/mol. The fraction of sp³-hybridized carbons (Fsp3) is 0. The molecule has 2 heterocycles. The number of nitriles is 3. The topological polar surface area (TPSA) is 81.2 Å². The zero-order valence-corrected chi connectivity index (χ0v) is 26.7. The molecule has 5 heteroatoms. The molecule has 5 nitrogen and oxygen atoms in total. The summed E-state index contributed by atoms with van der Waals surface area (Å²) in [6.07, 6.45) is 0. The number of benzene rings is 7. The van der Waals surface area contributed by atoms with Crippen molar-refractivity contribution < 1.29 is 0 Å². The summed E-state index contributed by atoms with van der Waals surface area (Å²) >= 11 is 0. The van der Waals surface area contributed by atoms with Gasteiger partial charge in [-0.2, -0.15) is 15.8 Å². The van der Waals surface area contributed by atoms with Gasteiger partial charge in [-0.1, -0.05) is 78.9 Å². The third kappa shape index (κ3) is 4.31. The average molecular weight is 636 g/mol. The number of fused-ring (bicyclic) bond motifs is 6. The summed E-state index contributed by atoms with van der Waals surface area (Å²) in [7, 11) is 0. The molecule has 50 heavy (non-hydrogen) atoms. The molecule has 7 aromatic carbocycles. The first kappa shape index (κ1) is 28.8. The molecule has 0 aliphatic carbocycles. The van der Waals surface area contributed by atoms with Gasteiger partial charge in [0.25, 0.3) is 0 Å². The van der Waals surface area contributed by atoms with E-state index in [1.165, 1.54) is 10.8 Å². The van der Waals surface area contributed by atoms with E-state index in [4.69, 9.17) is 0 Å². The maximum absolute atomic E-state index is 10.4. The number of hydrogen-bond donors (Lipinski definition) is 0. The molecule has 9 rings (SSSR count). The maximum atomic E-state index is 10.4. The summed E-state index contributed by atoms with van der Waals surface area (Å²) in [6, 6.07) is 57.7. The lowest BCUT2D eigenvalue weighted by atomic mass is 9.91. The van der Waals surface area contributed by atoms with Gasteiger partial charge in [0.15, 0.2) is 0 Å². The molecule has 0 amide bonds. The molecule has 0 saturated carbocycles. The van der Waals surface area contributed by atoms with Crippen LogP contribution in [0.1, 0.15) is 16.7 Å². The first-order valence-electron chi connectivity index (χ1n) is 16.3. The van der Waals surface area contributed by atoms with Crippen LogP contribution in [0.25, 0.3) is 77.2 Å². The normalized spacial score (nSPS) is 11.1. The smallest absolute Gasteiger partial charge is 0.0998 e. The van der Waals surface area contributed by atoms with E-state index in [1.807, 2.05) is 72.8 Å². The Morgan fingerprint density at radius 2 is 0.980 bits per heavy atom. The SMILES string of the molecule is N#Cc1ccc2c(c1)c1ccccc1n2-c1cccc(C#N)c1-c1cc(-c2ccc(-n3c4ccccc4c4ccccc43)cc2)ccc1C#N. The molecule has 0 atom stereocenters. The van der Waals surface area contributed by atoms with Crippen LogP contribution < -0.4 is 0 Å². The molecule has 0 unspecified atom stereocenters. The monoisotopic (exact) mass is 635 g/mol. The van der Waals surface area contributed by atoms with E-state index in [1.54, 1.807) is 6.07 Å². The summed E-state index contributed by atoms with van der Waals surface area (Å²) in [5.74, 6) is 0. The number of aromatic nitrogens is 2. The molecule has 0 spiro atoms. The Morgan fingerprint density at radius 3 is 1.62 bits per heavy atom. The van der Waals surface area contributed by atoms with Crippen LogP contribution in [0.5, 0.6) is 0 Å². The quantitative estimate of drug-likeness (QED) is 0.193. The molecule has 230 valence electrons. The van der Waals surface area contributed by atoms with Crippen molar-refractivity contribution in [3.05, 3.63) is 168 Å². The van der Waals surface area contributed by atoms with Crippen LogP contribution >= 0.6 is 0 Å². The van der Waals surface area contributed by atoms with E-state index in [0.717, 1.165) is 55.3 Å². The van der Waals surface area contributed by atoms with Crippen LogP contribution in [0.3, 0.4) is 0 Å². The standard InChI is InChI=1S/C45H25N5/c46-26-29-16-23-43-39(24-29)37-11-3-6-14-42(37)50(43)44-15-7-8-33(28-48)45(44)38-25-31(17-18-32(38)27-47)30-19-21-34(22-20-30)49-40-12-4-1-9-35(40)36-10-2-5-13-41(36)49/h1-25H. The Kier molecular flexibility index (Phi) is 6.56. The largest absolute Gasteiger partial charge is 0.309 e. The zero-order chi connectivity index (χ0) is 33.8. The zero-order valence-electron chi connectivity index (χ0n) is 26.7. The summed E-state index contributed by atoms with van der Waals surface area (Å²) in [5.41, 5.74) is 10.8. The highest BCUT2D eigenvalue weighted by Crippen LogP contribution is 2.40. The van der Waals surface area contributed by atoms with Gasteiger partial charge in [-0.25, -0.2) is 0 Å². The van der Waals surface area contributed by atoms with E-state index >= 15 is 0 Å². The van der Waals surface area contributed by atoms with Gasteiger partial charge < -0.3 is 9.13 Å². The van der Waals surface area contributed by atoms with Gasteiger partial charge in [0.1, 0.15) is 0 Å². The molecule has 0 radical (unpaired) electrons. The molecule has 0 saturated heterocycles. The molecule has 0 aliphatic heterocycles. The highest BCUT2D eigenvalue weighted by atomic mass is 15.0. The van der Waals surface area contributed by atoms with Gasteiger partial charge >= 0.3 is 0 Å². The van der Waals surface area contributed by atoms with Crippen LogP contribution in [0, 0.1) is 34.0 Å². The number of hydrogen-bond acceptors (Lipinski definition) is 3. The Morgan fingerprint density at radius 1 is 0.400 bits per heavy atom. The predicted molar refractivity (Wildman–Crippen MR) is 200 cm³/mol. The van der Waals surface area contributed by atoms with Crippen LogP contribution in [0.2, 0.25) is 0 Å². The average Bonchev–Trinajstić information content (AvgIpc) is 3.70. The Labute approximate surface area is 287 Å². The van der Waals surface area contributed by atoms with Gasteiger partial charge in [-0.3, -0.25) is 0 Å². The van der Waals surface area contributed by atoms with Crippen molar-refractivity contribution in [3.8, 4) is 51.8 Å². The number of para-hydroxylation sites is 3. The molecule has 9 aromatic rings. The van der Waals surface area contributed by atoms with Crippen molar-refractivity contribution in [1.29, 1.82) is 15.8 Å². The molecule has 0 N–H and O–H groups in total. The highest BCUT2D eigenvalue weighted by molar-refractivity contribution is 6.11. The highest BCUT2D eigenvalue weighted by Gasteiger charge is 2.21. The van der Waals surface area contributed by atoms with Gasteiger partial charge in [0.05, 0.1) is 62.7 Å². The van der Waals surface area contributed by atoms with Gasteiger partial charge in [0, 0.05) is 38.4 Å². The summed E-state index contributed by atoms with van der Waals surface area (Å²) < 4.78 is 4.43. The number of rotatable bonds is 4. The Balaban J connectivity index is 1.23. The van der Waals surface area contributed by atoms with E-state index in [-0.39, 0.29) is 0 Å². The van der Waals surface area contributed by atoms with Crippen molar-refractivity contribution in [3.63, 3.8) is 0 Å². The minimum absolute atomic E-state index is 0.470. The number of nitrogens with zero attached hydrogens (tertiary/aromatic N) is 5. The molecule has 0 fully saturated rings. The second kappa shape index (κ2) is 11.4. The second-order valence-corrected chi connectivity index (χ2v) is 12.3. The van der Waals surface area contributed by atoms with Crippen LogP contribution in [-0.2, 0) is 0 Å². The Bertz CT molecular complexity index is 2900. The van der Waals surface area contributed by atoms with E-state index in [0.29, 0.717) is 27.8 Å². The first-order valence-corrected chi connectivity index (χ1v) is 16.3. The van der Waals surface area contributed by atoms with Gasteiger partial charge in [-0.15, -0.1) is 0 Å². The van der Waals surface area contributed by atoms with E-state index < -0.39 is 0 Å². The minimum atomic E-state index is 0.470. The second-order valence-electron chi connectivity index (χ2n) is 12.3. The van der Waals surface area contributed by atoms with Gasteiger partial charge in [-0.05, 0) is 83.9 Å². The molecule has 0 bridgehead atoms. The lowest BCUT2D eigenvalue weighted by Gasteiger charge is -2.17. The third-order valence-electron chi connectivity index (χ3n) is 9.65. The lowest BCUT2D eigenvalue weighted by Crippen LogP contribution is -2.01. The maximum Gasteiger partial charge on any atom is 0.0998 e. The van der Waals surface area contributed by atoms with Crippen molar-refractivity contribution in [2.45, 2.75) is 0 Å². The minimum Gasteiger partial charge on any atom is -0.309 e. The summed E-state index contributed by atoms with van der Waals surface area (Å²) in [6.45, 7) is 0. The van der Waals surface area contributed by atoms with Crippen molar-refractivity contribution in [2.24, 2.45) is 0 Å². The van der Waals surface area contributed by atoms with Gasteiger partial charge in [0.2, 0.25) is 0 Å². The summed E-state index contributed by atoms with van der Waals surface area (Å²) in [4.78, 5) is 0. The fourth-order valence-electron chi connectivity index (χ4n) is 7.44. The van der Waals surface area contributed by atoms with Crippen LogP contribution in [0.4, 0.5) is 0 Å². The fourth-order valence-corrected chi connectivity index (χ4v) is 7.44. The molecular formula is C45H25N5. The van der Waals surface area contributed by atoms with E-state index in [2.05, 4.69) is 100 Å². The lowest BCUT2D eigenvalue weighted by molar-refractivity contribution is 1.18. The first-order chi connectivity index (χ1) is 24.7. The Hall–Kier alpha value is -7.39. The van der Waals surface area contributed by atoms with Crippen molar-refractivity contribution in [2.75, 3.05) is 0 Å². The van der Waals surface area contributed by atoms with Crippen LogP contribution in [0.15, 0.2) is 152 Å².